The number of carbonyl (C=O) groups excluding carboxylic acids is 2. The molecule has 2 amide bonds. The van der Waals surface area contributed by atoms with E-state index in [1.54, 1.807) is 17.0 Å². The molecule has 7 heteroatoms. The number of piperidine rings is 1. The summed E-state index contributed by atoms with van der Waals surface area (Å²) >= 11 is 5.80. The van der Waals surface area contributed by atoms with Crippen LogP contribution >= 0.6 is 11.6 Å². The van der Waals surface area contributed by atoms with E-state index in [1.807, 2.05) is 30.3 Å². The van der Waals surface area contributed by atoms with Crippen molar-refractivity contribution in [2.45, 2.75) is 25.3 Å². The van der Waals surface area contributed by atoms with Crippen LogP contribution in [0.15, 0.2) is 48.7 Å². The van der Waals surface area contributed by atoms with Gasteiger partial charge in [0.25, 0.3) is 0 Å². The van der Waals surface area contributed by atoms with Crippen LogP contribution in [0.2, 0.25) is 5.02 Å². The van der Waals surface area contributed by atoms with E-state index in [-0.39, 0.29) is 30.2 Å². The molecule has 0 radical (unpaired) electrons. The Morgan fingerprint density at radius 3 is 2.52 bits per heavy atom. The predicted octanol–water partition coefficient (Wildman–Crippen LogP) is 3.00. The maximum Gasteiger partial charge on any atom is 0.228 e. The Balaban J connectivity index is 1.47. The highest BCUT2D eigenvalue weighted by Gasteiger charge is 2.28. The van der Waals surface area contributed by atoms with Crippen LogP contribution in [0.1, 0.15) is 30.9 Å². The van der Waals surface area contributed by atoms with Gasteiger partial charge in [-0.1, -0.05) is 41.9 Å². The number of nitrogens with zero attached hydrogens (tertiary/aromatic N) is 2. The molecule has 2 aromatic rings. The zero-order valence-corrected chi connectivity index (χ0v) is 15.7. The molecule has 1 saturated heterocycles. The van der Waals surface area contributed by atoms with E-state index >= 15 is 0 Å². The normalized spacial score (nSPS) is 16.0. The maximum atomic E-state index is 12.5. The summed E-state index contributed by atoms with van der Waals surface area (Å²) in [6.45, 7) is 1.12. The largest absolute Gasteiger partial charge is 0.343 e. The van der Waals surface area contributed by atoms with E-state index in [4.69, 9.17) is 17.3 Å². The van der Waals surface area contributed by atoms with Crippen LogP contribution in [-0.2, 0) is 9.59 Å². The number of rotatable bonds is 5. The Hall–Kier alpha value is -2.44. The lowest BCUT2D eigenvalue weighted by Gasteiger charge is -2.32. The van der Waals surface area contributed by atoms with Crippen LogP contribution < -0.4 is 11.1 Å². The standard InChI is InChI=1S/C20H23ClN4O2/c21-16-6-7-18(23-13-16)24-20(27)15-8-10-25(11-9-15)19(26)12-17(22)14-4-2-1-3-5-14/h1-7,13,15,17H,8-12,22H2,(H,23,24,27). The molecule has 3 rings (SSSR count). The number of hydrogen-bond acceptors (Lipinski definition) is 4. The summed E-state index contributed by atoms with van der Waals surface area (Å²) in [5.74, 6) is 0.313. The third-order valence-corrected chi connectivity index (χ3v) is 5.04. The van der Waals surface area contributed by atoms with Crippen LogP contribution in [0.25, 0.3) is 0 Å². The van der Waals surface area contributed by atoms with Crippen molar-refractivity contribution in [2.24, 2.45) is 11.7 Å². The van der Waals surface area contributed by atoms with Gasteiger partial charge in [-0.15, -0.1) is 0 Å². The third kappa shape index (κ3) is 5.28. The average molecular weight is 387 g/mol. The number of pyridine rings is 1. The van der Waals surface area contributed by atoms with Crippen LogP contribution in [0.5, 0.6) is 0 Å². The second-order valence-electron chi connectivity index (χ2n) is 6.73. The molecule has 142 valence electrons. The van der Waals surface area contributed by atoms with Crippen molar-refractivity contribution in [3.05, 3.63) is 59.2 Å². The summed E-state index contributed by atoms with van der Waals surface area (Å²) < 4.78 is 0. The summed E-state index contributed by atoms with van der Waals surface area (Å²) in [6.07, 6.45) is 3.03. The highest BCUT2D eigenvalue weighted by molar-refractivity contribution is 6.30. The van der Waals surface area contributed by atoms with Gasteiger partial charge in [-0.3, -0.25) is 9.59 Å². The van der Waals surface area contributed by atoms with Crippen molar-refractivity contribution in [1.29, 1.82) is 0 Å². The first-order chi connectivity index (χ1) is 13.0. The number of anilines is 1. The zero-order valence-electron chi connectivity index (χ0n) is 15.0. The molecule has 1 aliphatic rings. The first-order valence-electron chi connectivity index (χ1n) is 9.03. The van der Waals surface area contributed by atoms with Gasteiger partial charge in [0.2, 0.25) is 11.8 Å². The average Bonchev–Trinajstić information content (AvgIpc) is 2.70. The van der Waals surface area contributed by atoms with Crippen molar-refractivity contribution in [1.82, 2.24) is 9.88 Å². The van der Waals surface area contributed by atoms with E-state index in [0.717, 1.165) is 5.56 Å². The number of halogens is 1. The number of nitrogens with one attached hydrogen (secondary N) is 1. The van der Waals surface area contributed by atoms with E-state index in [2.05, 4.69) is 10.3 Å². The van der Waals surface area contributed by atoms with E-state index in [9.17, 15) is 9.59 Å². The monoisotopic (exact) mass is 386 g/mol. The lowest BCUT2D eigenvalue weighted by molar-refractivity contribution is -0.134. The second-order valence-corrected chi connectivity index (χ2v) is 7.16. The van der Waals surface area contributed by atoms with Gasteiger partial charge in [0, 0.05) is 37.7 Å². The van der Waals surface area contributed by atoms with Crippen molar-refractivity contribution < 1.29 is 9.59 Å². The Bertz CT molecular complexity index is 774. The number of carbonyl (C=O) groups is 2. The molecule has 27 heavy (non-hydrogen) atoms. The van der Waals surface area contributed by atoms with Crippen LogP contribution in [0.3, 0.4) is 0 Å². The highest BCUT2D eigenvalue weighted by Crippen LogP contribution is 2.22. The molecule has 1 aliphatic heterocycles. The van der Waals surface area contributed by atoms with E-state index in [0.29, 0.717) is 36.8 Å². The predicted molar refractivity (Wildman–Crippen MR) is 105 cm³/mol. The number of aromatic nitrogens is 1. The van der Waals surface area contributed by atoms with Gasteiger partial charge < -0.3 is 16.0 Å². The Morgan fingerprint density at radius 2 is 1.89 bits per heavy atom. The lowest BCUT2D eigenvalue weighted by atomic mass is 9.95. The Kier molecular flexibility index (Phi) is 6.42. The first-order valence-corrected chi connectivity index (χ1v) is 9.41. The molecular weight excluding hydrogens is 364 g/mol. The number of nitrogens with two attached hydrogens (primary N) is 1. The minimum atomic E-state index is -0.310. The first kappa shape index (κ1) is 19.3. The van der Waals surface area contributed by atoms with Crippen LogP contribution in [0, 0.1) is 5.92 Å². The molecule has 1 unspecified atom stereocenters. The molecule has 0 spiro atoms. The van der Waals surface area contributed by atoms with Gasteiger partial charge in [0.15, 0.2) is 0 Å². The Labute approximate surface area is 163 Å². The molecular formula is C20H23ClN4O2. The maximum absolute atomic E-state index is 12.5. The molecule has 1 aromatic heterocycles. The van der Waals surface area contributed by atoms with Gasteiger partial charge in [-0.25, -0.2) is 4.98 Å². The molecule has 2 heterocycles. The van der Waals surface area contributed by atoms with E-state index < -0.39 is 0 Å². The van der Waals surface area contributed by atoms with E-state index in [1.165, 1.54) is 6.20 Å². The quantitative estimate of drug-likeness (QED) is 0.826. The molecule has 0 bridgehead atoms. The number of amides is 2. The van der Waals surface area contributed by atoms with Crippen molar-refractivity contribution in [2.75, 3.05) is 18.4 Å². The fourth-order valence-electron chi connectivity index (χ4n) is 3.20. The van der Waals surface area contributed by atoms with Crippen molar-refractivity contribution in [3.8, 4) is 0 Å². The minimum absolute atomic E-state index is 0.0320. The number of likely N-dealkylation sites (tertiary alicyclic amines) is 1. The van der Waals surface area contributed by atoms with Crippen LogP contribution in [0.4, 0.5) is 5.82 Å². The van der Waals surface area contributed by atoms with Gasteiger partial charge in [0.1, 0.15) is 5.82 Å². The van der Waals surface area contributed by atoms with Crippen LogP contribution in [-0.4, -0.2) is 34.8 Å². The fourth-order valence-corrected chi connectivity index (χ4v) is 3.32. The molecule has 0 aliphatic carbocycles. The summed E-state index contributed by atoms with van der Waals surface area (Å²) in [6, 6.07) is 12.7. The topological polar surface area (TPSA) is 88.3 Å². The fraction of sp³-hybridized carbons (Fsp3) is 0.350. The molecule has 1 fully saturated rings. The van der Waals surface area contributed by atoms with Gasteiger partial charge in [-0.05, 0) is 30.5 Å². The smallest absolute Gasteiger partial charge is 0.228 e. The number of benzene rings is 1. The molecule has 1 aromatic carbocycles. The Morgan fingerprint density at radius 1 is 1.19 bits per heavy atom. The molecule has 3 N–H and O–H groups in total. The zero-order chi connectivity index (χ0) is 19.2. The SMILES string of the molecule is NC(CC(=O)N1CCC(C(=O)Nc2ccc(Cl)cn2)CC1)c1ccccc1. The number of hydrogen-bond donors (Lipinski definition) is 2. The molecule has 6 nitrogen and oxygen atoms in total. The summed E-state index contributed by atoms with van der Waals surface area (Å²) in [5, 5.41) is 3.33. The van der Waals surface area contributed by atoms with Crippen molar-refractivity contribution in [3.63, 3.8) is 0 Å². The van der Waals surface area contributed by atoms with Crippen molar-refractivity contribution >= 4 is 29.2 Å². The van der Waals surface area contributed by atoms with Gasteiger partial charge in [-0.2, -0.15) is 0 Å². The molecule has 1 atom stereocenters. The molecule has 0 saturated carbocycles. The highest BCUT2D eigenvalue weighted by atomic mass is 35.5. The third-order valence-electron chi connectivity index (χ3n) is 4.82. The second kappa shape index (κ2) is 8.97. The summed E-state index contributed by atoms with van der Waals surface area (Å²) in [4.78, 5) is 30.8. The minimum Gasteiger partial charge on any atom is -0.343 e. The van der Waals surface area contributed by atoms with Gasteiger partial charge in [0.05, 0.1) is 5.02 Å². The van der Waals surface area contributed by atoms with Gasteiger partial charge >= 0.3 is 0 Å². The lowest BCUT2D eigenvalue weighted by Crippen LogP contribution is -2.42. The summed E-state index contributed by atoms with van der Waals surface area (Å²) in [7, 11) is 0. The summed E-state index contributed by atoms with van der Waals surface area (Å²) in [5.41, 5.74) is 7.10.